The number of alkyl halides is 2. The van der Waals surface area contributed by atoms with Crippen molar-refractivity contribution in [2.75, 3.05) is 14.2 Å². The van der Waals surface area contributed by atoms with Crippen LogP contribution in [0, 0.1) is 0 Å². The van der Waals surface area contributed by atoms with Crippen molar-refractivity contribution >= 4 is 5.97 Å². The van der Waals surface area contributed by atoms with Gasteiger partial charge in [0.2, 0.25) is 0 Å². The Kier molecular flexibility index (Phi) is 5.36. The molecule has 0 radical (unpaired) electrons. The van der Waals surface area contributed by atoms with Gasteiger partial charge in [-0.15, -0.1) is 0 Å². The van der Waals surface area contributed by atoms with Gasteiger partial charge < -0.3 is 14.6 Å². The Labute approximate surface area is 154 Å². The molecule has 1 aliphatic heterocycles. The van der Waals surface area contributed by atoms with Crippen molar-refractivity contribution < 1.29 is 28.2 Å². The number of ether oxygens (including phenoxy) is 2. The Morgan fingerprint density at radius 2 is 2.11 bits per heavy atom. The molecular formula is C18H19F2N3O4. The van der Waals surface area contributed by atoms with Crippen LogP contribution in [0.4, 0.5) is 8.78 Å². The molecule has 0 spiro atoms. The van der Waals surface area contributed by atoms with Crippen LogP contribution in [0.2, 0.25) is 0 Å². The molecule has 2 atom stereocenters. The molecule has 1 fully saturated rings. The number of nitrogens with zero attached hydrogens (tertiary/aromatic N) is 2. The number of carboxylic acid groups (broad SMARTS) is 1. The van der Waals surface area contributed by atoms with Gasteiger partial charge >= 0.3 is 5.97 Å². The summed E-state index contributed by atoms with van der Waals surface area (Å²) in [5.74, 6) is -0.982. The number of aromatic nitrogens is 1. The maximum absolute atomic E-state index is 13.1. The first-order valence-electron chi connectivity index (χ1n) is 8.16. The SMILES string of the molecule is COc1cnc(C(F)F)cc1-c1cc(C2NN(C)C(C)O2)ccc1C(=O)O. The zero-order chi connectivity index (χ0) is 19.7. The van der Waals surface area contributed by atoms with E-state index in [-0.39, 0.29) is 28.7 Å². The van der Waals surface area contributed by atoms with Gasteiger partial charge in [-0.3, -0.25) is 4.98 Å². The van der Waals surface area contributed by atoms with Crippen LogP contribution in [-0.2, 0) is 4.74 Å². The molecule has 2 unspecified atom stereocenters. The Balaban J connectivity index is 2.14. The summed E-state index contributed by atoms with van der Waals surface area (Å²) < 4.78 is 37.2. The fourth-order valence-corrected chi connectivity index (χ4v) is 2.85. The van der Waals surface area contributed by atoms with Gasteiger partial charge in [-0.25, -0.2) is 24.0 Å². The number of halogens is 2. The number of hydrogen-bond acceptors (Lipinski definition) is 6. The summed E-state index contributed by atoms with van der Waals surface area (Å²) in [6.07, 6.45) is -2.30. The summed E-state index contributed by atoms with van der Waals surface area (Å²) >= 11 is 0. The molecule has 0 aliphatic carbocycles. The van der Waals surface area contributed by atoms with Gasteiger partial charge in [0.05, 0.1) is 18.9 Å². The highest BCUT2D eigenvalue weighted by Gasteiger charge is 2.29. The van der Waals surface area contributed by atoms with Crippen LogP contribution in [0.3, 0.4) is 0 Å². The molecule has 7 nitrogen and oxygen atoms in total. The number of rotatable bonds is 5. The molecule has 1 aromatic carbocycles. The minimum Gasteiger partial charge on any atom is -0.494 e. The highest BCUT2D eigenvalue weighted by molar-refractivity contribution is 5.97. The highest BCUT2D eigenvalue weighted by Crippen LogP contribution is 2.36. The predicted octanol–water partition coefficient (Wildman–Crippen LogP) is 3.20. The second-order valence-electron chi connectivity index (χ2n) is 6.08. The molecule has 1 aromatic heterocycles. The quantitative estimate of drug-likeness (QED) is 0.825. The molecule has 144 valence electrons. The Hall–Kier alpha value is -2.62. The highest BCUT2D eigenvalue weighted by atomic mass is 19.3. The monoisotopic (exact) mass is 379 g/mol. The van der Waals surface area contributed by atoms with Crippen LogP contribution in [0.1, 0.15) is 41.2 Å². The van der Waals surface area contributed by atoms with Crippen molar-refractivity contribution in [3.05, 3.63) is 47.3 Å². The number of methoxy groups -OCH3 is 1. The van der Waals surface area contributed by atoms with E-state index in [2.05, 4.69) is 10.4 Å². The first-order valence-corrected chi connectivity index (χ1v) is 8.16. The standard InChI is InChI=1S/C18H19F2N3O4/c1-9-23(2)22-17(27-9)10-4-5-11(18(24)25)12(6-10)13-7-14(16(19)20)21-8-15(13)26-3/h4-9,16-17,22H,1-3H3,(H,24,25). The molecule has 2 N–H and O–H groups in total. The van der Waals surface area contributed by atoms with E-state index in [1.807, 2.05) is 14.0 Å². The number of benzene rings is 1. The molecule has 1 saturated heterocycles. The van der Waals surface area contributed by atoms with Gasteiger partial charge in [0, 0.05) is 18.2 Å². The van der Waals surface area contributed by atoms with Crippen molar-refractivity contribution in [1.29, 1.82) is 0 Å². The lowest BCUT2D eigenvalue weighted by Gasteiger charge is -2.16. The van der Waals surface area contributed by atoms with Gasteiger partial charge in [-0.2, -0.15) is 0 Å². The van der Waals surface area contributed by atoms with Crippen LogP contribution in [0.15, 0.2) is 30.5 Å². The summed E-state index contributed by atoms with van der Waals surface area (Å²) in [6, 6.07) is 5.79. The van der Waals surface area contributed by atoms with Crippen molar-refractivity contribution in [1.82, 2.24) is 15.4 Å². The first kappa shape index (κ1) is 19.2. The smallest absolute Gasteiger partial charge is 0.336 e. The van der Waals surface area contributed by atoms with E-state index < -0.39 is 24.3 Å². The van der Waals surface area contributed by atoms with Crippen LogP contribution in [0.5, 0.6) is 5.75 Å². The van der Waals surface area contributed by atoms with E-state index in [9.17, 15) is 18.7 Å². The average molecular weight is 379 g/mol. The third-order valence-electron chi connectivity index (χ3n) is 4.40. The van der Waals surface area contributed by atoms with Crippen LogP contribution >= 0.6 is 0 Å². The molecule has 27 heavy (non-hydrogen) atoms. The first-order chi connectivity index (χ1) is 12.8. The summed E-state index contributed by atoms with van der Waals surface area (Å²) in [4.78, 5) is 15.4. The summed E-state index contributed by atoms with van der Waals surface area (Å²) in [5.41, 5.74) is 3.73. The maximum atomic E-state index is 13.1. The molecule has 2 heterocycles. The van der Waals surface area contributed by atoms with Gasteiger partial charge in [0.15, 0.2) is 0 Å². The van der Waals surface area contributed by atoms with Crippen LogP contribution in [0.25, 0.3) is 11.1 Å². The topological polar surface area (TPSA) is 83.9 Å². The van der Waals surface area contributed by atoms with E-state index in [1.54, 1.807) is 17.1 Å². The van der Waals surface area contributed by atoms with Gasteiger partial charge in [-0.05, 0) is 30.7 Å². The molecule has 0 amide bonds. The predicted molar refractivity (Wildman–Crippen MR) is 92.3 cm³/mol. The average Bonchev–Trinajstić information content (AvgIpc) is 2.99. The summed E-state index contributed by atoms with van der Waals surface area (Å²) in [7, 11) is 3.18. The molecular weight excluding hydrogens is 360 g/mol. The molecule has 0 saturated carbocycles. The Morgan fingerprint density at radius 3 is 2.67 bits per heavy atom. The molecule has 9 heteroatoms. The number of carboxylic acids is 1. The van der Waals surface area contributed by atoms with Crippen LogP contribution < -0.4 is 10.2 Å². The van der Waals surface area contributed by atoms with Crippen LogP contribution in [-0.4, -0.2) is 41.5 Å². The molecule has 1 aliphatic rings. The zero-order valence-electron chi connectivity index (χ0n) is 14.9. The number of hydrazine groups is 1. The van der Waals surface area contributed by atoms with Crippen molar-refractivity contribution in [3.63, 3.8) is 0 Å². The second kappa shape index (κ2) is 7.55. The van der Waals surface area contributed by atoms with Gasteiger partial charge in [0.1, 0.15) is 23.9 Å². The third kappa shape index (κ3) is 3.75. The number of aromatic carboxylic acids is 1. The minimum absolute atomic E-state index is 0.0390. The zero-order valence-corrected chi connectivity index (χ0v) is 14.9. The fraction of sp³-hybridized carbons (Fsp3) is 0.333. The Morgan fingerprint density at radius 1 is 1.37 bits per heavy atom. The van der Waals surface area contributed by atoms with Gasteiger partial charge in [0.25, 0.3) is 6.43 Å². The molecule has 3 rings (SSSR count). The largest absolute Gasteiger partial charge is 0.494 e. The number of hydrogen-bond donors (Lipinski definition) is 2. The van der Waals surface area contributed by atoms with E-state index in [0.29, 0.717) is 5.56 Å². The van der Waals surface area contributed by atoms with E-state index in [1.165, 1.54) is 13.2 Å². The van der Waals surface area contributed by atoms with E-state index in [0.717, 1.165) is 12.3 Å². The van der Waals surface area contributed by atoms with Crippen molar-refractivity contribution in [2.24, 2.45) is 0 Å². The lowest BCUT2D eigenvalue weighted by molar-refractivity contribution is 0.0207. The minimum atomic E-state index is -2.79. The number of nitrogens with one attached hydrogen (secondary N) is 1. The maximum Gasteiger partial charge on any atom is 0.336 e. The lowest BCUT2D eigenvalue weighted by atomic mass is 9.96. The third-order valence-corrected chi connectivity index (χ3v) is 4.40. The summed E-state index contributed by atoms with van der Waals surface area (Å²) in [5, 5.41) is 11.3. The van der Waals surface area contributed by atoms with Gasteiger partial charge in [-0.1, -0.05) is 6.07 Å². The molecule has 2 aromatic rings. The van der Waals surface area contributed by atoms with Crippen molar-refractivity contribution in [3.8, 4) is 16.9 Å². The number of pyridine rings is 1. The number of carbonyl (C=O) groups is 1. The van der Waals surface area contributed by atoms with Crippen molar-refractivity contribution in [2.45, 2.75) is 25.8 Å². The lowest BCUT2D eigenvalue weighted by Crippen LogP contribution is -2.32. The second-order valence-corrected chi connectivity index (χ2v) is 6.08. The molecule has 0 bridgehead atoms. The van der Waals surface area contributed by atoms with E-state index >= 15 is 0 Å². The normalized spacial score (nSPS) is 20.2. The Bertz CT molecular complexity index is 852. The summed E-state index contributed by atoms with van der Waals surface area (Å²) in [6.45, 7) is 1.86. The van der Waals surface area contributed by atoms with E-state index in [4.69, 9.17) is 9.47 Å². The fourth-order valence-electron chi connectivity index (χ4n) is 2.85.